The van der Waals surface area contributed by atoms with Gasteiger partial charge >= 0.3 is 0 Å². The van der Waals surface area contributed by atoms with Crippen molar-refractivity contribution in [1.82, 2.24) is 10.2 Å². The molecule has 1 atom stereocenters. The monoisotopic (exact) mass is 440 g/mol. The van der Waals surface area contributed by atoms with Crippen molar-refractivity contribution in [3.8, 4) is 0 Å². The standard InChI is InChI=1S/C28H28N2O3/c1-20-15-17-22(18-16-20)26(21-10-4-2-5-11-21)29-25(31)14-6-3-9-19-30-27(32)23-12-7-8-13-24(23)28(30)33/h2,4-5,7-8,10-13,15-18,26H,3,6,9,14,19H2,1H3,(H,29,31)/t26-/m0/s1. The zero-order chi connectivity index (χ0) is 23.2. The minimum Gasteiger partial charge on any atom is -0.345 e. The number of hydrogen-bond acceptors (Lipinski definition) is 3. The van der Waals surface area contributed by atoms with E-state index in [0.29, 0.717) is 36.9 Å². The topological polar surface area (TPSA) is 66.5 Å². The molecular weight excluding hydrogens is 412 g/mol. The highest BCUT2D eigenvalue weighted by Crippen LogP contribution is 2.24. The van der Waals surface area contributed by atoms with Gasteiger partial charge in [-0.05, 0) is 43.0 Å². The van der Waals surface area contributed by atoms with E-state index in [2.05, 4.69) is 29.6 Å². The third-order valence-electron chi connectivity index (χ3n) is 6.01. The first-order chi connectivity index (χ1) is 16.0. The van der Waals surface area contributed by atoms with Gasteiger partial charge in [-0.2, -0.15) is 0 Å². The van der Waals surface area contributed by atoms with Gasteiger partial charge in [-0.1, -0.05) is 78.7 Å². The van der Waals surface area contributed by atoms with E-state index in [4.69, 9.17) is 0 Å². The van der Waals surface area contributed by atoms with E-state index in [9.17, 15) is 14.4 Å². The Morgan fingerprint density at radius 3 is 1.97 bits per heavy atom. The molecule has 5 nitrogen and oxygen atoms in total. The average molecular weight is 441 g/mol. The molecule has 168 valence electrons. The Morgan fingerprint density at radius 2 is 1.33 bits per heavy atom. The van der Waals surface area contributed by atoms with Gasteiger partial charge < -0.3 is 5.32 Å². The first-order valence-electron chi connectivity index (χ1n) is 11.4. The zero-order valence-corrected chi connectivity index (χ0v) is 18.8. The minimum absolute atomic E-state index is 0.00911. The number of fused-ring (bicyclic) bond motifs is 1. The minimum atomic E-state index is -0.225. The van der Waals surface area contributed by atoms with Crippen LogP contribution in [0.1, 0.15) is 69.1 Å². The van der Waals surface area contributed by atoms with Crippen molar-refractivity contribution in [3.05, 3.63) is 107 Å². The summed E-state index contributed by atoms with van der Waals surface area (Å²) in [6.07, 6.45) is 2.54. The smallest absolute Gasteiger partial charge is 0.261 e. The van der Waals surface area contributed by atoms with Crippen LogP contribution in [0.4, 0.5) is 0 Å². The van der Waals surface area contributed by atoms with Crippen LogP contribution < -0.4 is 5.32 Å². The number of aryl methyl sites for hydroxylation is 1. The second-order valence-corrected chi connectivity index (χ2v) is 8.44. The van der Waals surface area contributed by atoms with E-state index in [1.807, 2.05) is 37.3 Å². The molecular formula is C28H28N2O3. The summed E-state index contributed by atoms with van der Waals surface area (Å²) in [6, 6.07) is 24.9. The number of carbonyl (C=O) groups excluding carboxylic acids is 3. The molecule has 4 rings (SSSR count). The number of nitrogens with zero attached hydrogens (tertiary/aromatic N) is 1. The van der Waals surface area contributed by atoms with Crippen molar-refractivity contribution >= 4 is 17.7 Å². The Bertz CT molecular complexity index is 1100. The fourth-order valence-electron chi connectivity index (χ4n) is 4.17. The highest BCUT2D eigenvalue weighted by molar-refractivity contribution is 6.21. The molecule has 1 heterocycles. The number of nitrogens with one attached hydrogen (secondary N) is 1. The largest absolute Gasteiger partial charge is 0.345 e. The first kappa shape index (κ1) is 22.5. The Morgan fingerprint density at radius 1 is 0.758 bits per heavy atom. The zero-order valence-electron chi connectivity index (χ0n) is 18.8. The van der Waals surface area contributed by atoms with Crippen molar-refractivity contribution in [2.24, 2.45) is 0 Å². The molecule has 1 aliphatic rings. The van der Waals surface area contributed by atoms with Crippen LogP contribution in [0.3, 0.4) is 0 Å². The van der Waals surface area contributed by atoms with E-state index >= 15 is 0 Å². The molecule has 0 spiro atoms. The summed E-state index contributed by atoms with van der Waals surface area (Å²) in [5, 5.41) is 3.17. The summed E-state index contributed by atoms with van der Waals surface area (Å²) in [5.74, 6) is -0.459. The predicted molar refractivity (Wildman–Crippen MR) is 128 cm³/mol. The normalized spacial score (nSPS) is 13.7. The van der Waals surface area contributed by atoms with Gasteiger partial charge in [0.2, 0.25) is 5.91 Å². The van der Waals surface area contributed by atoms with Crippen molar-refractivity contribution in [1.29, 1.82) is 0 Å². The van der Waals surface area contributed by atoms with Crippen LogP contribution in [0.2, 0.25) is 0 Å². The maximum Gasteiger partial charge on any atom is 0.261 e. The molecule has 0 aliphatic carbocycles. The van der Waals surface area contributed by atoms with Crippen LogP contribution >= 0.6 is 0 Å². The highest BCUT2D eigenvalue weighted by Gasteiger charge is 2.34. The van der Waals surface area contributed by atoms with Crippen molar-refractivity contribution < 1.29 is 14.4 Å². The predicted octanol–water partition coefficient (Wildman–Crippen LogP) is 5.06. The van der Waals surface area contributed by atoms with Crippen LogP contribution in [0, 0.1) is 6.92 Å². The number of imide groups is 1. The number of rotatable bonds is 9. The maximum atomic E-state index is 12.7. The highest BCUT2D eigenvalue weighted by atomic mass is 16.2. The molecule has 1 aliphatic heterocycles. The van der Waals surface area contributed by atoms with Gasteiger partial charge in [0, 0.05) is 13.0 Å². The lowest BCUT2D eigenvalue weighted by Gasteiger charge is -2.20. The van der Waals surface area contributed by atoms with Crippen molar-refractivity contribution in [2.45, 2.75) is 38.6 Å². The summed E-state index contributed by atoms with van der Waals surface area (Å²) in [4.78, 5) is 38.9. The van der Waals surface area contributed by atoms with Crippen LogP contribution in [0.25, 0.3) is 0 Å². The summed E-state index contributed by atoms with van der Waals surface area (Å²) in [6.45, 7) is 2.42. The van der Waals surface area contributed by atoms with E-state index < -0.39 is 0 Å². The molecule has 0 bridgehead atoms. The lowest BCUT2D eigenvalue weighted by atomic mass is 9.97. The third kappa shape index (κ3) is 5.20. The van der Waals surface area contributed by atoms with E-state index in [1.54, 1.807) is 24.3 Å². The molecule has 3 amide bonds. The second-order valence-electron chi connectivity index (χ2n) is 8.44. The molecule has 1 N–H and O–H groups in total. The van der Waals surface area contributed by atoms with Crippen LogP contribution in [-0.4, -0.2) is 29.2 Å². The van der Waals surface area contributed by atoms with E-state index in [-0.39, 0.29) is 23.8 Å². The average Bonchev–Trinajstić information content (AvgIpc) is 3.08. The lowest BCUT2D eigenvalue weighted by molar-refractivity contribution is -0.121. The van der Waals surface area contributed by atoms with Crippen molar-refractivity contribution in [2.75, 3.05) is 6.54 Å². The Hall–Kier alpha value is -3.73. The molecule has 0 saturated carbocycles. The van der Waals surface area contributed by atoms with Gasteiger partial charge in [0.25, 0.3) is 11.8 Å². The maximum absolute atomic E-state index is 12.7. The summed E-state index contributed by atoms with van der Waals surface area (Å²) in [5.41, 5.74) is 4.22. The van der Waals surface area contributed by atoms with Gasteiger partial charge in [0.15, 0.2) is 0 Å². The number of hydrogen-bond donors (Lipinski definition) is 1. The second kappa shape index (κ2) is 10.3. The van der Waals surface area contributed by atoms with Gasteiger partial charge in [-0.15, -0.1) is 0 Å². The molecule has 33 heavy (non-hydrogen) atoms. The van der Waals surface area contributed by atoms with Crippen molar-refractivity contribution in [3.63, 3.8) is 0 Å². The van der Waals surface area contributed by atoms with Gasteiger partial charge in [0.05, 0.1) is 17.2 Å². The van der Waals surface area contributed by atoms with Crippen LogP contribution in [0.15, 0.2) is 78.9 Å². The van der Waals surface area contributed by atoms with Gasteiger partial charge in [0.1, 0.15) is 0 Å². The molecule has 0 fully saturated rings. The third-order valence-corrected chi connectivity index (χ3v) is 6.01. The molecule has 3 aromatic carbocycles. The number of carbonyl (C=O) groups is 3. The van der Waals surface area contributed by atoms with E-state index in [0.717, 1.165) is 17.5 Å². The van der Waals surface area contributed by atoms with Gasteiger partial charge in [-0.3, -0.25) is 19.3 Å². The van der Waals surface area contributed by atoms with E-state index in [1.165, 1.54) is 10.5 Å². The summed E-state index contributed by atoms with van der Waals surface area (Å²) in [7, 11) is 0. The first-order valence-corrected chi connectivity index (χ1v) is 11.4. The Balaban J connectivity index is 1.27. The molecule has 5 heteroatoms. The Kier molecular flexibility index (Phi) is 6.98. The summed E-state index contributed by atoms with van der Waals surface area (Å²) >= 11 is 0. The van der Waals surface area contributed by atoms with Crippen LogP contribution in [-0.2, 0) is 4.79 Å². The Labute approximate surface area is 194 Å². The fraction of sp³-hybridized carbons (Fsp3) is 0.250. The number of unbranched alkanes of at least 4 members (excludes halogenated alkanes) is 2. The number of benzene rings is 3. The summed E-state index contributed by atoms with van der Waals surface area (Å²) < 4.78 is 0. The van der Waals surface area contributed by atoms with Gasteiger partial charge in [-0.25, -0.2) is 0 Å². The molecule has 0 saturated heterocycles. The SMILES string of the molecule is Cc1ccc([C@@H](NC(=O)CCCCCN2C(=O)c3ccccc3C2=O)c2ccccc2)cc1. The molecule has 0 unspecified atom stereocenters. The van der Waals surface area contributed by atoms with Crippen LogP contribution in [0.5, 0.6) is 0 Å². The quantitative estimate of drug-likeness (QED) is 0.374. The lowest BCUT2D eigenvalue weighted by Crippen LogP contribution is -2.31. The molecule has 0 radical (unpaired) electrons. The molecule has 3 aromatic rings. The number of amides is 3. The fourth-order valence-corrected chi connectivity index (χ4v) is 4.17. The molecule has 0 aromatic heterocycles.